The fourth-order valence-electron chi connectivity index (χ4n) is 4.46. The molecule has 8 heteroatoms. The summed E-state index contributed by atoms with van der Waals surface area (Å²) in [6.45, 7) is 0. The molecule has 1 aliphatic heterocycles. The lowest BCUT2D eigenvalue weighted by atomic mass is 9.52. The largest absolute Gasteiger partial charge is 0.301 e. The number of carbonyl (C=O) groups excluding carboxylic acids is 1. The number of thioether (sulfide) groups is 1. The van der Waals surface area contributed by atoms with E-state index in [1.54, 1.807) is 36.4 Å². The van der Waals surface area contributed by atoms with Crippen LogP contribution in [-0.2, 0) is 5.54 Å². The molecular weight excluding hydrogens is 536 g/mol. The summed E-state index contributed by atoms with van der Waals surface area (Å²) in [6, 6.07) is 14.4. The van der Waals surface area contributed by atoms with Gasteiger partial charge in [-0.3, -0.25) is 4.79 Å². The van der Waals surface area contributed by atoms with Gasteiger partial charge in [0.1, 0.15) is 5.82 Å². The molecule has 1 N–H and O–H groups in total. The van der Waals surface area contributed by atoms with Gasteiger partial charge in [0.15, 0.2) is 10.7 Å². The van der Waals surface area contributed by atoms with Crippen LogP contribution in [0, 0.1) is 23.6 Å². The Morgan fingerprint density at radius 3 is 2.42 bits per heavy atom. The molecule has 1 fully saturated rings. The predicted octanol–water partition coefficient (Wildman–Crippen LogP) is 5.41. The van der Waals surface area contributed by atoms with Gasteiger partial charge in [0.25, 0.3) is 5.91 Å². The quantitative estimate of drug-likeness (QED) is 0.314. The van der Waals surface area contributed by atoms with Gasteiger partial charge < -0.3 is 5.32 Å². The summed E-state index contributed by atoms with van der Waals surface area (Å²) in [4.78, 5) is 17.3. The van der Waals surface area contributed by atoms with Gasteiger partial charge in [-0.25, -0.2) is 18.2 Å². The molecule has 0 saturated heterocycles. The minimum Gasteiger partial charge on any atom is -0.301 e. The first-order valence-corrected chi connectivity index (χ1v) is 12.0. The molecule has 1 amide bonds. The van der Waals surface area contributed by atoms with Crippen LogP contribution in [0.15, 0.2) is 59.6 Å². The number of nitrogens with zero attached hydrogens (tertiary/aromatic N) is 1. The van der Waals surface area contributed by atoms with Crippen molar-refractivity contribution in [3.8, 4) is 12.3 Å². The third-order valence-electron chi connectivity index (χ3n) is 5.88. The Morgan fingerprint density at radius 1 is 1.19 bits per heavy atom. The van der Waals surface area contributed by atoms with Crippen molar-refractivity contribution in [3.05, 3.63) is 71.5 Å². The molecule has 0 bridgehead atoms. The lowest BCUT2D eigenvalue weighted by Gasteiger charge is -2.60. The van der Waals surface area contributed by atoms with E-state index >= 15 is 0 Å². The molecule has 2 aromatic rings. The van der Waals surface area contributed by atoms with Crippen molar-refractivity contribution in [2.75, 3.05) is 4.43 Å². The average Bonchev–Trinajstić information content (AvgIpc) is 2.74. The summed E-state index contributed by atoms with van der Waals surface area (Å²) in [6.07, 6.45) is 4.97. The molecule has 4 rings (SSSR count). The van der Waals surface area contributed by atoms with Crippen LogP contribution < -0.4 is 5.32 Å². The molecule has 31 heavy (non-hydrogen) atoms. The second kappa shape index (κ2) is 8.17. The van der Waals surface area contributed by atoms with E-state index in [0.29, 0.717) is 9.99 Å². The molecular formula is C23H18F3IN2OS. The molecule has 2 aromatic carbocycles. The molecule has 3 nitrogen and oxygen atoms in total. The number of carbonyl (C=O) groups is 1. The second-order valence-electron chi connectivity index (χ2n) is 7.70. The first-order valence-electron chi connectivity index (χ1n) is 9.56. The number of nitrogens with one attached hydrogen (secondary N) is 1. The first kappa shape index (κ1) is 22.2. The standard InChI is InChI=1S/C23H18F3IN2OS/c1-2-23(16-10-6-7-11-17(16)24)21(13-22(25,26)14-21)18(12-27)31-20(29-23)28-19(30)15-8-4-3-5-9-15/h1,3-11,18H,12-14H2,(H,28,29,30)/t18-,23-/m1/s1. The van der Waals surface area contributed by atoms with Crippen molar-refractivity contribution >= 4 is 45.4 Å². The van der Waals surface area contributed by atoms with Crippen molar-refractivity contribution < 1.29 is 18.0 Å². The van der Waals surface area contributed by atoms with Crippen LogP contribution in [0.5, 0.6) is 0 Å². The number of amidine groups is 1. The van der Waals surface area contributed by atoms with E-state index in [9.17, 15) is 18.0 Å². The summed E-state index contributed by atoms with van der Waals surface area (Å²) in [5.41, 5.74) is -2.28. The van der Waals surface area contributed by atoms with Gasteiger partial charge in [0.2, 0.25) is 5.92 Å². The zero-order valence-corrected chi connectivity index (χ0v) is 19.2. The number of alkyl halides is 3. The Balaban J connectivity index is 1.84. The van der Waals surface area contributed by atoms with E-state index in [1.165, 1.54) is 30.0 Å². The monoisotopic (exact) mass is 554 g/mol. The number of halogens is 4. The van der Waals surface area contributed by atoms with Crippen molar-refractivity contribution in [3.63, 3.8) is 0 Å². The van der Waals surface area contributed by atoms with Gasteiger partial charge in [-0.2, -0.15) is 0 Å². The number of aliphatic imine (C=N–C) groups is 1. The molecule has 0 radical (unpaired) electrons. The maximum atomic E-state index is 14.9. The molecule has 160 valence electrons. The summed E-state index contributed by atoms with van der Waals surface area (Å²) < 4.78 is 43.8. The fraction of sp³-hybridized carbons (Fsp3) is 0.304. The molecule has 1 saturated carbocycles. The zero-order valence-electron chi connectivity index (χ0n) is 16.2. The van der Waals surface area contributed by atoms with Crippen LogP contribution in [0.25, 0.3) is 0 Å². The van der Waals surface area contributed by atoms with Crippen LogP contribution in [0.3, 0.4) is 0 Å². The van der Waals surface area contributed by atoms with Crippen LogP contribution in [-0.4, -0.2) is 26.7 Å². The van der Waals surface area contributed by atoms with E-state index < -0.39 is 41.4 Å². The number of benzene rings is 2. The Bertz CT molecular complexity index is 1080. The molecule has 1 spiro atoms. The Kier molecular flexibility index (Phi) is 5.85. The van der Waals surface area contributed by atoms with E-state index in [2.05, 4.69) is 38.8 Å². The van der Waals surface area contributed by atoms with E-state index in [-0.39, 0.29) is 16.0 Å². The van der Waals surface area contributed by atoms with E-state index in [1.807, 2.05) is 0 Å². The smallest absolute Gasteiger partial charge is 0.257 e. The maximum absolute atomic E-state index is 14.9. The lowest BCUT2D eigenvalue weighted by molar-refractivity contribution is -0.180. The van der Waals surface area contributed by atoms with Crippen molar-refractivity contribution in [1.29, 1.82) is 0 Å². The number of terminal acetylenes is 1. The van der Waals surface area contributed by atoms with Crippen LogP contribution >= 0.6 is 34.4 Å². The highest BCUT2D eigenvalue weighted by molar-refractivity contribution is 14.1. The van der Waals surface area contributed by atoms with Crippen LogP contribution in [0.2, 0.25) is 0 Å². The summed E-state index contributed by atoms with van der Waals surface area (Å²) in [7, 11) is 0. The Labute approximate surface area is 196 Å². The Hall–Kier alpha value is -1.99. The minimum atomic E-state index is -2.89. The molecule has 0 aromatic heterocycles. The highest BCUT2D eigenvalue weighted by Gasteiger charge is 2.71. The van der Waals surface area contributed by atoms with Gasteiger partial charge in [-0.1, -0.05) is 76.7 Å². The molecule has 2 aliphatic rings. The van der Waals surface area contributed by atoms with Gasteiger partial charge in [-0.15, -0.1) is 6.42 Å². The predicted molar refractivity (Wildman–Crippen MR) is 125 cm³/mol. The topological polar surface area (TPSA) is 41.5 Å². The summed E-state index contributed by atoms with van der Waals surface area (Å²) in [5, 5.41) is 2.57. The summed E-state index contributed by atoms with van der Waals surface area (Å²) in [5.74, 6) is -1.31. The number of hydrogen-bond acceptors (Lipinski definition) is 3. The van der Waals surface area contributed by atoms with Gasteiger partial charge in [0, 0.05) is 39.1 Å². The fourth-order valence-corrected chi connectivity index (χ4v) is 7.08. The normalized spacial score (nSPS) is 25.8. The van der Waals surface area contributed by atoms with Crippen LogP contribution in [0.1, 0.15) is 28.8 Å². The average molecular weight is 554 g/mol. The van der Waals surface area contributed by atoms with Crippen molar-refractivity contribution in [1.82, 2.24) is 5.32 Å². The first-order chi connectivity index (χ1) is 14.8. The highest BCUT2D eigenvalue weighted by Crippen LogP contribution is 2.68. The third kappa shape index (κ3) is 3.65. The second-order valence-corrected chi connectivity index (χ2v) is 9.77. The number of amides is 1. The number of hydrogen-bond donors (Lipinski definition) is 1. The summed E-state index contributed by atoms with van der Waals surface area (Å²) >= 11 is 3.34. The van der Waals surface area contributed by atoms with E-state index in [4.69, 9.17) is 6.42 Å². The van der Waals surface area contributed by atoms with Crippen molar-refractivity contribution in [2.24, 2.45) is 10.4 Å². The number of rotatable bonds is 3. The molecule has 1 heterocycles. The third-order valence-corrected chi connectivity index (χ3v) is 8.67. The minimum absolute atomic E-state index is 0.0783. The van der Waals surface area contributed by atoms with Gasteiger partial charge in [0.05, 0.1) is 0 Å². The van der Waals surface area contributed by atoms with Gasteiger partial charge >= 0.3 is 0 Å². The maximum Gasteiger partial charge on any atom is 0.257 e. The molecule has 0 unspecified atom stereocenters. The SMILES string of the molecule is C#C[C@]1(c2ccccc2F)N=C(NC(=O)c2ccccc2)S[C@H](CI)C12CC(F)(F)C2. The zero-order chi connectivity index (χ0) is 22.3. The highest BCUT2D eigenvalue weighted by atomic mass is 127. The van der Waals surface area contributed by atoms with Crippen LogP contribution in [0.4, 0.5) is 13.2 Å². The van der Waals surface area contributed by atoms with Crippen molar-refractivity contribution in [2.45, 2.75) is 29.6 Å². The van der Waals surface area contributed by atoms with E-state index in [0.717, 1.165) is 0 Å². The Morgan fingerprint density at radius 2 is 1.84 bits per heavy atom. The molecule has 2 atom stereocenters. The van der Waals surface area contributed by atoms with Gasteiger partial charge in [-0.05, 0) is 18.2 Å². The lowest BCUT2D eigenvalue weighted by Crippen LogP contribution is -2.65. The molecule has 1 aliphatic carbocycles.